The molecule has 16 N–H and O–H groups in total. The zero-order valence-electron chi connectivity index (χ0n) is 43.7. The summed E-state index contributed by atoms with van der Waals surface area (Å²) in [5.41, 5.74) is 12.3. The number of carbonyl (C=O) groups excluding carboxylic acids is 9. The first-order valence-corrected chi connectivity index (χ1v) is 25.5. The van der Waals surface area contributed by atoms with Crippen LogP contribution in [0.15, 0.2) is 42.9 Å². The lowest BCUT2D eigenvalue weighted by Gasteiger charge is -2.29. The molecule has 2 heterocycles. The van der Waals surface area contributed by atoms with Gasteiger partial charge >= 0.3 is 5.97 Å². The number of H-pyrrole nitrogens is 1. The Kier molecular flexibility index (Phi) is 26.3. The minimum absolute atomic E-state index is 0.0312. The molecule has 9 unspecified atom stereocenters. The molecule has 0 saturated carbocycles. The number of aromatic nitrogens is 2. The molecule has 0 radical (unpaired) electrons. The number of carboxylic acids is 1. The first kappa shape index (κ1) is 62.3. The van der Waals surface area contributed by atoms with Crippen LogP contribution in [0.1, 0.15) is 104 Å². The summed E-state index contributed by atoms with van der Waals surface area (Å²) in [5, 5.41) is 43.6. The Morgan fingerprint density at radius 1 is 0.653 bits per heavy atom. The highest BCUT2D eigenvalue weighted by Gasteiger charge is 2.37. The van der Waals surface area contributed by atoms with Gasteiger partial charge in [0.25, 0.3) is 0 Å². The van der Waals surface area contributed by atoms with Crippen molar-refractivity contribution in [2.24, 2.45) is 29.2 Å². The molecule has 3 rings (SSSR count). The Morgan fingerprint density at radius 3 is 1.68 bits per heavy atom. The van der Waals surface area contributed by atoms with Gasteiger partial charge in [0, 0.05) is 24.7 Å². The number of benzene rings is 1. The van der Waals surface area contributed by atoms with Crippen LogP contribution in [0.3, 0.4) is 0 Å². The zero-order chi connectivity index (χ0) is 55.8. The fourth-order valence-electron chi connectivity index (χ4n) is 8.24. The molecule has 1 aromatic heterocycles. The molecule has 1 aliphatic heterocycles. The molecule has 1 aromatic carbocycles. The van der Waals surface area contributed by atoms with Crippen LogP contribution in [0.25, 0.3) is 0 Å². The third-order valence-corrected chi connectivity index (χ3v) is 12.2. The van der Waals surface area contributed by atoms with Crippen molar-refractivity contribution in [3.05, 3.63) is 54.1 Å². The number of rotatable bonds is 33. The Labute approximate surface area is 437 Å². The Hall–Kier alpha value is -6.99. The van der Waals surface area contributed by atoms with Crippen molar-refractivity contribution in [1.29, 1.82) is 0 Å². The largest absolute Gasteiger partial charge is 0.480 e. The van der Waals surface area contributed by atoms with Gasteiger partial charge in [-0.05, 0) is 81.4 Å². The highest BCUT2D eigenvalue weighted by Crippen LogP contribution is 2.14. The van der Waals surface area contributed by atoms with Gasteiger partial charge in [0.1, 0.15) is 48.3 Å². The minimum Gasteiger partial charge on any atom is -0.480 e. The molecule has 0 spiro atoms. The summed E-state index contributed by atoms with van der Waals surface area (Å²) in [4.78, 5) is 142. The van der Waals surface area contributed by atoms with E-state index >= 15 is 0 Å². The van der Waals surface area contributed by atoms with Gasteiger partial charge in [0.2, 0.25) is 53.2 Å². The van der Waals surface area contributed by atoms with Gasteiger partial charge in [-0.25, -0.2) is 9.78 Å². The van der Waals surface area contributed by atoms with Gasteiger partial charge in [0.15, 0.2) is 0 Å². The number of aliphatic hydroxyl groups excluding tert-OH is 1. The maximum absolute atomic E-state index is 14.4. The van der Waals surface area contributed by atoms with Crippen molar-refractivity contribution in [1.82, 2.24) is 57.8 Å². The second-order valence-corrected chi connectivity index (χ2v) is 20.0. The van der Waals surface area contributed by atoms with Crippen molar-refractivity contribution in [3.8, 4) is 0 Å². The number of unbranched alkanes of at least 4 members (excludes halogenated alkanes) is 1. The monoisotopic (exact) mass is 1050 g/mol. The van der Waals surface area contributed by atoms with Crippen molar-refractivity contribution in [3.63, 3.8) is 0 Å². The summed E-state index contributed by atoms with van der Waals surface area (Å²) in [6.07, 6.45) is 4.03. The molecule has 9 amide bonds. The molecule has 25 nitrogen and oxygen atoms in total. The lowest BCUT2D eigenvalue weighted by Crippen LogP contribution is -2.61. The van der Waals surface area contributed by atoms with E-state index in [0.29, 0.717) is 37.1 Å². The average molecular weight is 1050 g/mol. The molecule has 0 aliphatic carbocycles. The van der Waals surface area contributed by atoms with Crippen LogP contribution < -0.4 is 59.3 Å². The molecule has 9 atom stereocenters. The average Bonchev–Trinajstić information content (AvgIpc) is 4.09. The van der Waals surface area contributed by atoms with Crippen LogP contribution in [-0.2, 0) is 60.8 Å². The number of nitrogens with zero attached hydrogens (tertiary/aromatic N) is 1. The number of primary amides is 1. The number of hydrogen-bond donors (Lipinski definition) is 14. The normalized spacial score (nSPS) is 16.5. The van der Waals surface area contributed by atoms with E-state index in [9.17, 15) is 58.2 Å². The number of aliphatic hydroxyl groups is 1. The molecule has 1 saturated heterocycles. The summed E-state index contributed by atoms with van der Waals surface area (Å²) in [6, 6.07) is -2.98. The Morgan fingerprint density at radius 2 is 1.17 bits per heavy atom. The van der Waals surface area contributed by atoms with Crippen LogP contribution in [0, 0.1) is 17.8 Å². The molecule has 416 valence electrons. The van der Waals surface area contributed by atoms with Crippen molar-refractivity contribution >= 4 is 59.1 Å². The summed E-state index contributed by atoms with van der Waals surface area (Å²) in [5.74, 6) is -9.58. The molecule has 2 aromatic rings. The Balaban J connectivity index is 1.86. The number of carbonyl (C=O) groups is 10. The second kappa shape index (κ2) is 31.7. The van der Waals surface area contributed by atoms with E-state index < -0.39 is 132 Å². The Bertz CT molecular complexity index is 2210. The SMILES string of the molecule is CC(C)CC(NC(=O)C(CC(C)C)NC(=O)C(CCCCN)NC(=O)C(Cc1ccccc1)NC(=O)C(CC(N)=O)NC(=O)C(NC(=O)C1CCCN1)C(C)C)C(=O)NC(CO)C(=O)NC(Cc1cnc[nH]1)C(=O)O. The van der Waals surface area contributed by atoms with Crippen LogP contribution in [0.2, 0.25) is 0 Å². The van der Waals surface area contributed by atoms with E-state index in [0.717, 1.165) is 6.42 Å². The molecule has 75 heavy (non-hydrogen) atoms. The van der Waals surface area contributed by atoms with Crippen LogP contribution in [0.5, 0.6) is 0 Å². The zero-order valence-corrected chi connectivity index (χ0v) is 43.7. The quantitative estimate of drug-likeness (QED) is 0.0333. The molecular weight excluding hydrogens is 975 g/mol. The van der Waals surface area contributed by atoms with Gasteiger partial charge in [-0.2, -0.15) is 0 Å². The number of imidazole rings is 1. The number of amides is 9. The molecule has 0 bridgehead atoms. The maximum Gasteiger partial charge on any atom is 0.326 e. The summed E-state index contributed by atoms with van der Waals surface area (Å²) in [7, 11) is 0. The highest BCUT2D eigenvalue weighted by molar-refractivity contribution is 5.99. The first-order valence-electron chi connectivity index (χ1n) is 25.5. The standard InChI is InChI=1S/C50H79N13O12/c1-27(2)19-34(44(68)58-35(20-28(3)4)45(69)62-39(25-64)48(72)61-38(50(74)75)22-31-24-53-26-55-31)57-43(67)33(15-10-11-17-51)56-46(70)36(21-30-13-8-7-9-14-30)59-47(71)37(23-40(52)65)60-49(73)41(29(5)6)63-42(66)32-16-12-18-54-32/h7-9,13-14,24,26-29,32-39,41,54,64H,10-12,15-23,25,51H2,1-6H3,(H2,52,65)(H,53,55)(H,56,70)(H,57,67)(H,58,68)(H,59,71)(H,60,73)(H,61,72)(H,62,69)(H,63,66)(H,74,75). The number of carboxylic acid groups (broad SMARTS) is 1. The topological polar surface area (TPSA) is 400 Å². The van der Waals surface area contributed by atoms with Gasteiger partial charge < -0.3 is 74.5 Å². The highest BCUT2D eigenvalue weighted by atomic mass is 16.4. The van der Waals surface area contributed by atoms with E-state index in [2.05, 4.69) is 57.8 Å². The van der Waals surface area contributed by atoms with Crippen LogP contribution >= 0.6 is 0 Å². The van der Waals surface area contributed by atoms with E-state index in [1.807, 2.05) is 0 Å². The van der Waals surface area contributed by atoms with Gasteiger partial charge in [-0.1, -0.05) is 71.9 Å². The van der Waals surface area contributed by atoms with Crippen LogP contribution in [0.4, 0.5) is 0 Å². The lowest BCUT2D eigenvalue weighted by molar-refractivity contribution is -0.142. The predicted molar refractivity (Wildman–Crippen MR) is 274 cm³/mol. The molecule has 25 heteroatoms. The number of aliphatic carboxylic acids is 1. The summed E-state index contributed by atoms with van der Waals surface area (Å²) >= 11 is 0. The van der Waals surface area contributed by atoms with Crippen molar-refractivity contribution < 1.29 is 58.2 Å². The molecular formula is C50H79N13O12. The van der Waals surface area contributed by atoms with E-state index in [1.165, 1.54) is 12.5 Å². The van der Waals surface area contributed by atoms with Crippen LogP contribution in [-0.4, -0.2) is 153 Å². The smallest absolute Gasteiger partial charge is 0.326 e. The van der Waals surface area contributed by atoms with Gasteiger partial charge in [-0.15, -0.1) is 0 Å². The number of nitrogens with two attached hydrogens (primary N) is 2. The number of nitrogens with one attached hydrogen (secondary N) is 10. The summed E-state index contributed by atoms with van der Waals surface area (Å²) < 4.78 is 0. The minimum atomic E-state index is -1.62. The van der Waals surface area contributed by atoms with E-state index in [1.54, 1.807) is 71.9 Å². The predicted octanol–water partition coefficient (Wildman–Crippen LogP) is -2.35. The van der Waals surface area contributed by atoms with Crippen molar-refractivity contribution in [2.45, 2.75) is 160 Å². The van der Waals surface area contributed by atoms with Gasteiger partial charge in [-0.3, -0.25) is 43.2 Å². The number of aromatic amines is 1. The third-order valence-electron chi connectivity index (χ3n) is 12.2. The lowest BCUT2D eigenvalue weighted by atomic mass is 9.99. The first-order chi connectivity index (χ1) is 35.5. The third kappa shape index (κ3) is 21.8. The summed E-state index contributed by atoms with van der Waals surface area (Å²) in [6.45, 7) is 10.5. The fraction of sp³-hybridized carbons (Fsp3) is 0.620. The number of hydrogen-bond acceptors (Lipinski definition) is 14. The molecule has 1 aliphatic rings. The second-order valence-electron chi connectivity index (χ2n) is 20.0. The molecule has 1 fully saturated rings. The van der Waals surface area contributed by atoms with E-state index in [4.69, 9.17) is 11.5 Å². The maximum atomic E-state index is 14.4. The van der Waals surface area contributed by atoms with Gasteiger partial charge in [0.05, 0.1) is 25.4 Å². The van der Waals surface area contributed by atoms with Crippen molar-refractivity contribution in [2.75, 3.05) is 19.7 Å². The fourth-order valence-corrected chi connectivity index (χ4v) is 8.24. The van der Waals surface area contributed by atoms with E-state index in [-0.39, 0.29) is 50.5 Å².